The van der Waals surface area contributed by atoms with E-state index in [0.29, 0.717) is 62.4 Å². The number of ether oxygens (including phenoxy) is 3. The average Bonchev–Trinajstić information content (AvgIpc) is 3.87. The molecule has 1 atom stereocenters. The molecule has 0 aliphatic carbocycles. The summed E-state index contributed by atoms with van der Waals surface area (Å²) in [7, 11) is 0.773. The van der Waals surface area contributed by atoms with Crippen molar-refractivity contribution in [1.82, 2.24) is 18.9 Å². The summed E-state index contributed by atoms with van der Waals surface area (Å²) < 4.78 is 25.2. The smallest absolute Gasteiger partial charge is 0.275 e. The molecule has 0 saturated heterocycles. The summed E-state index contributed by atoms with van der Waals surface area (Å²) in [5.74, 6) is 1.43. The van der Waals surface area contributed by atoms with Crippen molar-refractivity contribution in [2.45, 2.75) is 92.5 Å². The molecule has 7 aromatic rings. The molecule has 62 heavy (non-hydrogen) atoms. The maximum atomic E-state index is 15.5. The van der Waals surface area contributed by atoms with Crippen molar-refractivity contribution in [1.29, 1.82) is 0 Å². The van der Waals surface area contributed by atoms with Crippen LogP contribution in [0.1, 0.15) is 63.5 Å². The molecule has 3 aromatic heterocycles. The second-order valence-corrected chi connectivity index (χ2v) is 24.5. The maximum Gasteiger partial charge on any atom is 0.275 e. The number of anilines is 1. The van der Waals surface area contributed by atoms with Gasteiger partial charge in [0.05, 0.1) is 34.0 Å². The number of amides is 1. The van der Waals surface area contributed by atoms with E-state index in [2.05, 4.69) is 73.0 Å². The summed E-state index contributed by atoms with van der Waals surface area (Å²) in [5, 5.41) is 8.35. The molecule has 8 rings (SSSR count). The van der Waals surface area contributed by atoms with Gasteiger partial charge in [0.25, 0.3) is 5.91 Å². The highest BCUT2D eigenvalue weighted by atomic mass is 35.5. The first kappa shape index (κ1) is 43.6. The number of hydrogen-bond donors (Lipinski definition) is 0. The van der Waals surface area contributed by atoms with Gasteiger partial charge in [-0.2, -0.15) is 5.10 Å². The second kappa shape index (κ2) is 17.6. The van der Waals surface area contributed by atoms with Gasteiger partial charge in [0.15, 0.2) is 0 Å². The third kappa shape index (κ3) is 8.54. The minimum absolute atomic E-state index is 0.0658. The average molecular weight is 891 g/mol. The molecule has 0 fully saturated rings. The van der Waals surface area contributed by atoms with E-state index in [-0.39, 0.29) is 11.9 Å². The van der Waals surface area contributed by atoms with E-state index in [1.807, 2.05) is 86.1 Å². The quantitative estimate of drug-likeness (QED) is 0.0757. The number of nitrogens with zero attached hydrogens (tertiary/aromatic N) is 5. The minimum atomic E-state index is -1.25. The fraction of sp³-hybridized carbons (Fsp3) is 0.360. The molecule has 324 valence electrons. The Kier molecular flexibility index (Phi) is 12.4. The Morgan fingerprint density at radius 2 is 1.58 bits per heavy atom. The van der Waals surface area contributed by atoms with E-state index in [4.69, 9.17) is 42.5 Å². The van der Waals surface area contributed by atoms with Crippen LogP contribution in [0, 0.1) is 27.7 Å². The van der Waals surface area contributed by atoms with Gasteiger partial charge >= 0.3 is 0 Å². The minimum Gasteiger partial charge on any atom is -0.494 e. The number of hydrogen-bond acceptors (Lipinski definition) is 5. The fourth-order valence-electron chi connectivity index (χ4n) is 8.94. The van der Waals surface area contributed by atoms with Crippen molar-refractivity contribution >= 4 is 64.7 Å². The SMILES string of the molecule is Cc1cc(OCCCc2c3n(c4c(-c5c(C)nn(COCC[Si](C)(C)C)c5C)c(Cl)ccc24)[C@H](C)CN(c2cc(OCc4ccccc4)cc4ccn(C)c24)C3=O)cc(C)c1Cl. The fourth-order valence-corrected chi connectivity index (χ4v) is 10.1. The monoisotopic (exact) mass is 889 g/mol. The Bertz CT molecular complexity index is 2780. The lowest BCUT2D eigenvalue weighted by molar-refractivity contribution is 0.0770. The predicted octanol–water partition coefficient (Wildman–Crippen LogP) is 12.7. The summed E-state index contributed by atoms with van der Waals surface area (Å²) in [5.41, 5.74) is 11.1. The lowest BCUT2D eigenvalue weighted by Crippen LogP contribution is -2.43. The summed E-state index contributed by atoms with van der Waals surface area (Å²) in [6.45, 7) is 19.7. The first-order valence-electron chi connectivity index (χ1n) is 21.6. The first-order valence-corrected chi connectivity index (χ1v) is 26.0. The maximum absolute atomic E-state index is 15.5. The molecule has 0 unspecified atom stereocenters. The number of fused-ring (bicyclic) bond motifs is 4. The largest absolute Gasteiger partial charge is 0.494 e. The number of aryl methyl sites for hydroxylation is 5. The van der Waals surface area contributed by atoms with Gasteiger partial charge in [0, 0.05) is 79.2 Å². The van der Waals surface area contributed by atoms with Gasteiger partial charge in [-0.05, 0) is 106 Å². The number of benzene rings is 4. The van der Waals surface area contributed by atoms with Crippen LogP contribution in [0.2, 0.25) is 35.7 Å². The second-order valence-electron chi connectivity index (χ2n) is 18.1. The molecule has 1 aliphatic heterocycles. The number of carbonyl (C=O) groups is 1. The van der Waals surface area contributed by atoms with Gasteiger partial charge in [-0.1, -0.05) is 79.2 Å². The van der Waals surface area contributed by atoms with Crippen molar-refractivity contribution in [3.8, 4) is 22.6 Å². The van der Waals surface area contributed by atoms with Crippen molar-refractivity contribution in [3.05, 3.63) is 128 Å². The van der Waals surface area contributed by atoms with Gasteiger partial charge in [-0.3, -0.25) is 4.79 Å². The topological polar surface area (TPSA) is 75.7 Å². The lowest BCUT2D eigenvalue weighted by Gasteiger charge is -2.35. The zero-order valence-electron chi connectivity index (χ0n) is 37.4. The van der Waals surface area contributed by atoms with Crippen LogP contribution < -0.4 is 14.4 Å². The van der Waals surface area contributed by atoms with E-state index < -0.39 is 8.07 Å². The highest BCUT2D eigenvalue weighted by molar-refractivity contribution is 6.76. The molecule has 1 amide bonds. The molecule has 0 saturated carbocycles. The Balaban J connectivity index is 1.22. The van der Waals surface area contributed by atoms with Crippen LogP contribution in [0.25, 0.3) is 32.9 Å². The van der Waals surface area contributed by atoms with Gasteiger partial charge < -0.3 is 28.2 Å². The molecule has 0 spiro atoms. The van der Waals surface area contributed by atoms with Crippen molar-refractivity contribution in [3.63, 3.8) is 0 Å². The van der Waals surface area contributed by atoms with Crippen molar-refractivity contribution in [2.24, 2.45) is 7.05 Å². The molecule has 0 N–H and O–H groups in total. The van der Waals surface area contributed by atoms with Crippen molar-refractivity contribution in [2.75, 3.05) is 24.7 Å². The van der Waals surface area contributed by atoms with E-state index >= 15 is 4.79 Å². The molecular weight excluding hydrogens is 834 g/mol. The number of halogens is 2. The van der Waals surface area contributed by atoms with Crippen LogP contribution in [0.15, 0.2) is 79.0 Å². The highest BCUT2D eigenvalue weighted by Crippen LogP contribution is 2.46. The molecule has 4 heterocycles. The van der Waals surface area contributed by atoms with Crippen LogP contribution in [-0.2, 0) is 31.5 Å². The van der Waals surface area contributed by atoms with Crippen LogP contribution in [0.4, 0.5) is 5.69 Å². The van der Waals surface area contributed by atoms with E-state index in [0.717, 1.165) is 89.1 Å². The van der Waals surface area contributed by atoms with Gasteiger partial charge in [0.2, 0.25) is 0 Å². The molecule has 9 nitrogen and oxygen atoms in total. The highest BCUT2D eigenvalue weighted by Gasteiger charge is 2.38. The van der Waals surface area contributed by atoms with Gasteiger partial charge in [0.1, 0.15) is 30.5 Å². The summed E-state index contributed by atoms with van der Waals surface area (Å²) >= 11 is 13.8. The first-order chi connectivity index (χ1) is 29.6. The van der Waals surface area contributed by atoms with Crippen molar-refractivity contribution < 1.29 is 19.0 Å². The summed E-state index contributed by atoms with van der Waals surface area (Å²) in [4.78, 5) is 17.5. The normalized spacial score (nSPS) is 14.3. The lowest BCUT2D eigenvalue weighted by atomic mass is 9.98. The van der Waals surface area contributed by atoms with Crippen LogP contribution in [0.5, 0.6) is 11.5 Å². The Hall–Kier alpha value is -5.00. The number of aromatic nitrogens is 4. The number of carbonyl (C=O) groups excluding carboxylic acids is 1. The standard InChI is InChI=1S/C50H57Cl2N5O4Si/c1-31-24-38(25-32(2)46(31)52)60-21-13-16-40-41-17-18-42(51)45(44-34(4)53-56(35(44)5)30-59-22-23-62(7,8)9)48(41)57-33(3)28-55(50(58)49(40)57)43-27-39(26-37-19-20-54(6)47(37)43)61-29-36-14-11-10-12-15-36/h10-12,14-15,17-20,24-27,33H,13,16,21-23,28-30H2,1-9H3/t33-/m1/s1. The summed E-state index contributed by atoms with van der Waals surface area (Å²) in [6.07, 6.45) is 3.33. The van der Waals surface area contributed by atoms with E-state index in [9.17, 15) is 0 Å². The third-order valence-electron chi connectivity index (χ3n) is 12.1. The molecule has 0 bridgehead atoms. The molecule has 0 radical (unpaired) electrons. The Labute approximate surface area is 376 Å². The van der Waals surface area contributed by atoms with Crippen LogP contribution in [-0.4, -0.2) is 52.7 Å². The van der Waals surface area contributed by atoms with Gasteiger partial charge in [-0.25, -0.2) is 4.68 Å². The predicted molar refractivity (Wildman–Crippen MR) is 257 cm³/mol. The molecule has 12 heteroatoms. The molecule has 4 aromatic carbocycles. The Morgan fingerprint density at radius 3 is 2.31 bits per heavy atom. The van der Waals surface area contributed by atoms with Crippen LogP contribution >= 0.6 is 23.2 Å². The zero-order valence-corrected chi connectivity index (χ0v) is 39.9. The van der Waals surface area contributed by atoms with E-state index in [1.54, 1.807) is 0 Å². The number of rotatable bonds is 15. The summed E-state index contributed by atoms with van der Waals surface area (Å²) in [6, 6.07) is 25.3. The molecule has 1 aliphatic rings. The van der Waals surface area contributed by atoms with E-state index in [1.165, 1.54) is 0 Å². The van der Waals surface area contributed by atoms with Gasteiger partial charge in [-0.15, -0.1) is 0 Å². The molecular formula is C50H57Cl2N5O4Si. The zero-order chi connectivity index (χ0) is 44.0. The van der Waals surface area contributed by atoms with Crippen LogP contribution in [0.3, 0.4) is 0 Å². The third-order valence-corrected chi connectivity index (χ3v) is 14.7. The Morgan fingerprint density at radius 1 is 0.855 bits per heavy atom.